The van der Waals surface area contributed by atoms with Crippen molar-refractivity contribution in [2.75, 3.05) is 0 Å². The number of benzene rings is 1. The highest BCUT2D eigenvalue weighted by Crippen LogP contribution is 2.23. The molecule has 1 N–H and O–H groups in total. The van der Waals surface area contributed by atoms with Crippen LogP contribution in [0.1, 0.15) is 6.42 Å². The zero-order chi connectivity index (χ0) is 13.4. The minimum Gasteiger partial charge on any atom is -0.477 e. The average molecular weight is 253 g/mol. The van der Waals surface area contributed by atoms with E-state index in [1.54, 1.807) is 12.3 Å². The molecule has 19 heavy (non-hydrogen) atoms. The number of nitrogens with zero attached hydrogens (tertiary/aromatic N) is 1. The maximum absolute atomic E-state index is 12.1. The van der Waals surface area contributed by atoms with Crippen LogP contribution in [0.4, 0.5) is 0 Å². The number of carbonyl (C=O) groups excluding carboxylic acids is 1. The molecule has 0 unspecified atom stereocenters. The minimum absolute atomic E-state index is 0.0719. The van der Waals surface area contributed by atoms with Crippen LogP contribution in [0.25, 0.3) is 11.8 Å². The molecule has 2 heterocycles. The van der Waals surface area contributed by atoms with E-state index >= 15 is 0 Å². The third-order valence-electron chi connectivity index (χ3n) is 3.19. The van der Waals surface area contributed by atoms with Gasteiger partial charge in [0.15, 0.2) is 5.78 Å². The first kappa shape index (κ1) is 11.5. The Morgan fingerprint density at radius 2 is 2.05 bits per heavy atom. The Morgan fingerprint density at radius 3 is 2.84 bits per heavy atom. The van der Waals surface area contributed by atoms with Crippen LogP contribution in [-0.4, -0.2) is 21.8 Å². The van der Waals surface area contributed by atoms with Crippen molar-refractivity contribution in [2.24, 2.45) is 0 Å². The molecule has 0 atom stereocenters. The van der Waals surface area contributed by atoms with Crippen molar-refractivity contribution in [3.63, 3.8) is 0 Å². The van der Waals surface area contributed by atoms with Gasteiger partial charge in [-0.3, -0.25) is 4.79 Å². The van der Waals surface area contributed by atoms with E-state index in [9.17, 15) is 14.7 Å². The third-order valence-corrected chi connectivity index (χ3v) is 3.19. The number of hydrogen-bond acceptors (Lipinski definition) is 3. The SMILES string of the molecule is O=C(O)C1=CCC(=O)C2=c3ccccc3=CC=CN12. The molecular formula is C15H11NO3. The van der Waals surface area contributed by atoms with Crippen molar-refractivity contribution in [1.29, 1.82) is 0 Å². The molecule has 2 aliphatic heterocycles. The van der Waals surface area contributed by atoms with Gasteiger partial charge in [0, 0.05) is 17.8 Å². The van der Waals surface area contributed by atoms with Crippen molar-refractivity contribution in [1.82, 2.24) is 4.90 Å². The standard InChI is InChI=1S/C15H11NO3/c17-13-8-7-12(15(18)19)16-9-3-5-10-4-1-2-6-11(10)14(13)16/h1-7,9H,8H2,(H,18,19). The number of ketones is 1. The molecular weight excluding hydrogens is 242 g/mol. The van der Waals surface area contributed by atoms with Gasteiger partial charge in [-0.1, -0.05) is 30.3 Å². The summed E-state index contributed by atoms with van der Waals surface area (Å²) < 4.78 is 0. The van der Waals surface area contributed by atoms with Crippen molar-refractivity contribution in [2.45, 2.75) is 6.42 Å². The molecule has 0 spiro atoms. The number of fused-ring (bicyclic) bond motifs is 2. The monoisotopic (exact) mass is 253 g/mol. The lowest BCUT2D eigenvalue weighted by Gasteiger charge is -2.26. The van der Waals surface area contributed by atoms with E-state index in [0.29, 0.717) is 5.70 Å². The minimum atomic E-state index is -1.03. The van der Waals surface area contributed by atoms with Crippen molar-refractivity contribution < 1.29 is 14.7 Å². The lowest BCUT2D eigenvalue weighted by Crippen LogP contribution is -2.37. The van der Waals surface area contributed by atoms with Gasteiger partial charge in [0.1, 0.15) is 5.70 Å². The Bertz CT molecular complexity index is 756. The molecule has 0 amide bonds. The van der Waals surface area contributed by atoms with Gasteiger partial charge in [-0.15, -0.1) is 0 Å². The molecule has 0 fully saturated rings. The largest absolute Gasteiger partial charge is 0.477 e. The fourth-order valence-electron chi connectivity index (χ4n) is 2.36. The summed E-state index contributed by atoms with van der Waals surface area (Å²) in [5.41, 5.74) is 0.552. The Hall–Kier alpha value is -2.62. The summed E-state index contributed by atoms with van der Waals surface area (Å²) in [6.07, 6.45) is 6.81. The second-order valence-electron chi connectivity index (χ2n) is 4.34. The molecule has 4 heteroatoms. The van der Waals surface area contributed by atoms with Crippen molar-refractivity contribution >= 4 is 23.5 Å². The maximum atomic E-state index is 12.1. The van der Waals surface area contributed by atoms with E-state index in [1.807, 2.05) is 30.3 Å². The van der Waals surface area contributed by atoms with Crippen molar-refractivity contribution in [3.8, 4) is 0 Å². The highest BCUT2D eigenvalue weighted by Gasteiger charge is 2.28. The summed E-state index contributed by atoms with van der Waals surface area (Å²) in [6.45, 7) is 0. The second-order valence-corrected chi connectivity index (χ2v) is 4.34. The zero-order valence-electron chi connectivity index (χ0n) is 10.0. The van der Waals surface area contributed by atoms with E-state index in [1.165, 1.54) is 11.0 Å². The normalized spacial score (nSPS) is 17.1. The third kappa shape index (κ3) is 1.78. The summed E-state index contributed by atoms with van der Waals surface area (Å²) >= 11 is 0. The van der Waals surface area contributed by atoms with Gasteiger partial charge in [-0.05, 0) is 17.4 Å². The molecule has 0 saturated heterocycles. The highest BCUT2D eigenvalue weighted by atomic mass is 16.4. The number of Topliss-reactive ketones (excluding diaryl/α,β-unsaturated/α-hetero) is 1. The molecule has 4 nitrogen and oxygen atoms in total. The van der Waals surface area contributed by atoms with Crippen LogP contribution < -0.4 is 10.4 Å². The Morgan fingerprint density at radius 1 is 1.26 bits per heavy atom. The Labute approximate surface area is 109 Å². The van der Waals surface area contributed by atoms with Gasteiger partial charge < -0.3 is 10.0 Å². The number of aliphatic carboxylic acids is 1. The molecule has 1 aromatic carbocycles. The highest BCUT2D eigenvalue weighted by molar-refractivity contribution is 6.17. The Kier molecular flexibility index (Phi) is 2.56. The molecule has 3 rings (SSSR count). The first-order valence-corrected chi connectivity index (χ1v) is 5.92. The van der Waals surface area contributed by atoms with Gasteiger partial charge in [0.25, 0.3) is 0 Å². The zero-order valence-corrected chi connectivity index (χ0v) is 10.0. The lowest BCUT2D eigenvalue weighted by atomic mass is 10.0. The molecule has 0 saturated carbocycles. The number of carboxylic acids is 1. The van der Waals surface area contributed by atoms with E-state index in [0.717, 1.165) is 10.4 Å². The lowest BCUT2D eigenvalue weighted by molar-refractivity contribution is -0.133. The van der Waals surface area contributed by atoms with Crippen LogP contribution in [0, 0.1) is 0 Å². The van der Waals surface area contributed by atoms with E-state index < -0.39 is 5.97 Å². The first-order chi connectivity index (χ1) is 9.18. The van der Waals surface area contributed by atoms with Gasteiger partial charge in [0.05, 0.1) is 5.70 Å². The van der Waals surface area contributed by atoms with Gasteiger partial charge in [-0.25, -0.2) is 4.79 Å². The van der Waals surface area contributed by atoms with Crippen LogP contribution >= 0.6 is 0 Å². The topological polar surface area (TPSA) is 57.6 Å². The average Bonchev–Trinajstić information content (AvgIpc) is 2.58. The van der Waals surface area contributed by atoms with Crippen LogP contribution in [0.3, 0.4) is 0 Å². The molecule has 1 aromatic rings. The number of rotatable bonds is 1. The first-order valence-electron chi connectivity index (χ1n) is 5.92. The summed E-state index contributed by atoms with van der Waals surface area (Å²) in [7, 11) is 0. The maximum Gasteiger partial charge on any atom is 0.352 e. The predicted octanol–water partition coefficient (Wildman–Crippen LogP) is 0.346. The van der Waals surface area contributed by atoms with Crippen LogP contribution in [0.5, 0.6) is 0 Å². The fourth-order valence-corrected chi connectivity index (χ4v) is 2.36. The van der Waals surface area contributed by atoms with Gasteiger partial charge >= 0.3 is 5.97 Å². The summed E-state index contributed by atoms with van der Waals surface area (Å²) in [5.74, 6) is -1.11. The molecule has 0 aromatic heterocycles. The van der Waals surface area contributed by atoms with Crippen LogP contribution in [-0.2, 0) is 9.59 Å². The Balaban J connectivity index is 2.37. The summed E-state index contributed by atoms with van der Waals surface area (Å²) in [6, 6.07) is 7.47. The van der Waals surface area contributed by atoms with Crippen molar-refractivity contribution in [3.05, 3.63) is 58.8 Å². The number of hydrogen-bond donors (Lipinski definition) is 1. The quantitative estimate of drug-likeness (QED) is 0.784. The van der Waals surface area contributed by atoms with Crippen LogP contribution in [0.15, 0.2) is 48.3 Å². The molecule has 2 aliphatic rings. The van der Waals surface area contributed by atoms with E-state index in [2.05, 4.69) is 0 Å². The number of allylic oxidation sites excluding steroid dienone is 2. The summed E-state index contributed by atoms with van der Waals surface area (Å²) in [5, 5.41) is 10.9. The van der Waals surface area contributed by atoms with E-state index in [-0.39, 0.29) is 17.9 Å². The van der Waals surface area contributed by atoms with Gasteiger partial charge in [-0.2, -0.15) is 0 Å². The molecule has 94 valence electrons. The van der Waals surface area contributed by atoms with E-state index in [4.69, 9.17) is 0 Å². The van der Waals surface area contributed by atoms with Crippen LogP contribution in [0.2, 0.25) is 0 Å². The summed E-state index contributed by atoms with van der Waals surface area (Å²) in [4.78, 5) is 24.9. The number of carboxylic acid groups (broad SMARTS) is 1. The predicted molar refractivity (Wildman–Crippen MR) is 69.9 cm³/mol. The second kappa shape index (κ2) is 4.24. The molecule has 0 aliphatic carbocycles. The fraction of sp³-hybridized carbons (Fsp3) is 0.0667. The van der Waals surface area contributed by atoms with Gasteiger partial charge in [0.2, 0.25) is 0 Å². The molecule has 0 bridgehead atoms. The number of carbonyl (C=O) groups is 2. The smallest absolute Gasteiger partial charge is 0.352 e. The molecule has 0 radical (unpaired) electrons.